The number of aromatic carboxylic acids is 1. The van der Waals surface area contributed by atoms with Crippen LogP contribution in [-0.4, -0.2) is 15.3 Å². The van der Waals surface area contributed by atoms with Crippen molar-refractivity contribution < 1.29 is 18.5 Å². The lowest BCUT2D eigenvalue weighted by atomic mass is 10.2. The number of hydrogen-bond donors (Lipinski definition) is 1. The number of hydrogen-bond acceptors (Lipinski definition) is 2. The highest BCUT2D eigenvalue weighted by atomic mass is 79.9. The van der Waals surface area contributed by atoms with Crippen molar-refractivity contribution in [1.29, 1.82) is 0 Å². The first-order valence-corrected chi connectivity index (χ1v) is 7.74. The summed E-state index contributed by atoms with van der Waals surface area (Å²) in [5, 5.41) is 9.11. The minimum atomic E-state index is -1.52. The lowest BCUT2D eigenvalue weighted by Crippen LogP contribution is -2.06. The van der Waals surface area contributed by atoms with Crippen LogP contribution in [0.4, 0.5) is 4.39 Å². The van der Waals surface area contributed by atoms with Crippen LogP contribution >= 0.6 is 15.9 Å². The van der Waals surface area contributed by atoms with Gasteiger partial charge in [-0.15, -0.1) is 0 Å². The van der Waals surface area contributed by atoms with E-state index in [0.717, 1.165) is 0 Å². The first-order valence-electron chi connectivity index (χ1n) is 5.63. The van der Waals surface area contributed by atoms with E-state index in [4.69, 9.17) is 5.11 Å². The van der Waals surface area contributed by atoms with Crippen molar-refractivity contribution in [2.75, 3.05) is 0 Å². The molecule has 0 aliphatic rings. The van der Waals surface area contributed by atoms with Crippen LogP contribution in [0.15, 0.2) is 51.8 Å². The van der Waals surface area contributed by atoms with Crippen molar-refractivity contribution in [2.45, 2.75) is 10.6 Å². The molecule has 0 aliphatic heterocycles. The minimum Gasteiger partial charge on any atom is -0.478 e. The van der Waals surface area contributed by atoms with E-state index in [1.54, 1.807) is 6.07 Å². The molecule has 2 aromatic rings. The minimum absolute atomic E-state index is 0.00800. The summed E-state index contributed by atoms with van der Waals surface area (Å²) in [6.07, 6.45) is 0. The van der Waals surface area contributed by atoms with Crippen molar-refractivity contribution in [2.24, 2.45) is 0 Å². The Labute approximate surface area is 126 Å². The molecular weight excluding hydrogens is 347 g/mol. The average Bonchev–Trinajstić information content (AvgIpc) is 2.41. The Hall–Kier alpha value is -1.53. The van der Waals surface area contributed by atoms with Crippen LogP contribution in [-0.2, 0) is 16.6 Å². The molecule has 0 amide bonds. The summed E-state index contributed by atoms with van der Waals surface area (Å²) >= 11 is 3.23. The van der Waals surface area contributed by atoms with E-state index in [0.29, 0.717) is 10.0 Å². The second-order valence-corrected chi connectivity index (χ2v) is 6.40. The molecule has 1 N–H and O–H groups in total. The molecule has 104 valence electrons. The SMILES string of the molecule is O=C(O)c1ccc(Br)cc1S(=O)Cc1ccc(F)cc1. The van der Waals surface area contributed by atoms with Gasteiger partial charge in [0.2, 0.25) is 0 Å². The van der Waals surface area contributed by atoms with Gasteiger partial charge in [-0.25, -0.2) is 9.18 Å². The highest BCUT2D eigenvalue weighted by Gasteiger charge is 2.16. The topological polar surface area (TPSA) is 54.4 Å². The second kappa shape index (κ2) is 6.28. The molecule has 2 rings (SSSR count). The highest BCUT2D eigenvalue weighted by Crippen LogP contribution is 2.22. The first kappa shape index (κ1) is 14.9. The van der Waals surface area contributed by atoms with Crippen LogP contribution in [0.25, 0.3) is 0 Å². The molecule has 0 radical (unpaired) electrons. The molecule has 0 aliphatic carbocycles. The summed E-state index contributed by atoms with van der Waals surface area (Å²) in [6, 6.07) is 10.2. The molecule has 0 fully saturated rings. The van der Waals surface area contributed by atoms with Crippen LogP contribution in [0.3, 0.4) is 0 Å². The summed E-state index contributed by atoms with van der Waals surface area (Å²) in [5.41, 5.74) is 0.690. The lowest BCUT2D eigenvalue weighted by Gasteiger charge is -2.07. The van der Waals surface area contributed by atoms with Crippen LogP contribution in [0, 0.1) is 5.82 Å². The third-order valence-corrected chi connectivity index (χ3v) is 4.55. The maximum Gasteiger partial charge on any atom is 0.336 e. The summed E-state index contributed by atoms with van der Waals surface area (Å²) in [4.78, 5) is 11.4. The summed E-state index contributed by atoms with van der Waals surface area (Å²) < 4.78 is 25.8. The van der Waals surface area contributed by atoms with Crippen molar-refractivity contribution in [3.05, 3.63) is 63.9 Å². The van der Waals surface area contributed by atoms with Crippen molar-refractivity contribution in [1.82, 2.24) is 0 Å². The number of carboxylic acid groups (broad SMARTS) is 1. The van der Waals surface area contributed by atoms with E-state index in [2.05, 4.69) is 15.9 Å². The zero-order valence-electron chi connectivity index (χ0n) is 10.2. The Morgan fingerprint density at radius 3 is 2.45 bits per heavy atom. The van der Waals surface area contributed by atoms with Crippen LogP contribution < -0.4 is 0 Å². The Balaban J connectivity index is 2.31. The van der Waals surface area contributed by atoms with Gasteiger partial charge in [0.05, 0.1) is 27.0 Å². The number of halogens is 2. The summed E-state index contributed by atoms with van der Waals surface area (Å²) in [7, 11) is -1.52. The fourth-order valence-corrected chi connectivity index (χ4v) is 3.49. The molecule has 0 saturated carbocycles. The molecule has 0 heterocycles. The smallest absolute Gasteiger partial charge is 0.336 e. The van der Waals surface area contributed by atoms with Gasteiger partial charge in [0.15, 0.2) is 0 Å². The predicted molar refractivity (Wildman–Crippen MR) is 77.6 cm³/mol. The summed E-state index contributed by atoms with van der Waals surface area (Å²) in [6.45, 7) is 0. The fraction of sp³-hybridized carbons (Fsp3) is 0.0714. The zero-order valence-corrected chi connectivity index (χ0v) is 12.6. The molecule has 0 bridgehead atoms. The van der Waals surface area contributed by atoms with Crippen molar-refractivity contribution in [3.63, 3.8) is 0 Å². The van der Waals surface area contributed by atoms with Gasteiger partial charge in [-0.1, -0.05) is 28.1 Å². The molecule has 20 heavy (non-hydrogen) atoms. The van der Waals surface area contributed by atoms with E-state index < -0.39 is 16.8 Å². The largest absolute Gasteiger partial charge is 0.478 e. The van der Waals surface area contributed by atoms with E-state index in [9.17, 15) is 13.4 Å². The predicted octanol–water partition coefficient (Wildman–Crippen LogP) is 3.59. The Bertz CT molecular complexity index is 671. The third kappa shape index (κ3) is 3.52. The van der Waals surface area contributed by atoms with Crippen molar-refractivity contribution >= 4 is 32.7 Å². The van der Waals surface area contributed by atoms with Crippen molar-refractivity contribution in [3.8, 4) is 0 Å². The van der Waals surface area contributed by atoms with Gasteiger partial charge in [-0.2, -0.15) is 0 Å². The van der Waals surface area contributed by atoms with E-state index in [-0.39, 0.29) is 22.0 Å². The number of rotatable bonds is 4. The van der Waals surface area contributed by atoms with Gasteiger partial charge in [-0.05, 0) is 35.9 Å². The quantitative estimate of drug-likeness (QED) is 0.910. The fourth-order valence-electron chi connectivity index (χ4n) is 1.67. The van der Waals surface area contributed by atoms with Crippen LogP contribution in [0.5, 0.6) is 0 Å². The van der Waals surface area contributed by atoms with Gasteiger partial charge in [0, 0.05) is 4.47 Å². The second-order valence-electron chi connectivity index (χ2n) is 4.06. The number of carboxylic acids is 1. The first-order chi connectivity index (χ1) is 9.47. The molecular formula is C14H10BrFO3S. The number of carbonyl (C=O) groups is 1. The maximum absolute atomic E-state index is 12.8. The lowest BCUT2D eigenvalue weighted by molar-refractivity contribution is 0.0693. The molecule has 0 spiro atoms. The Kier molecular flexibility index (Phi) is 4.67. The molecule has 0 saturated heterocycles. The normalized spacial score (nSPS) is 12.1. The Morgan fingerprint density at radius 1 is 1.20 bits per heavy atom. The van der Waals surface area contributed by atoms with Gasteiger partial charge >= 0.3 is 5.97 Å². The molecule has 6 heteroatoms. The van der Waals surface area contributed by atoms with Gasteiger partial charge < -0.3 is 5.11 Å². The standard InChI is InChI=1S/C14H10BrFO3S/c15-10-3-6-12(14(17)18)13(7-10)20(19)8-9-1-4-11(16)5-2-9/h1-7H,8H2,(H,17,18). The molecule has 2 aromatic carbocycles. The molecule has 1 atom stereocenters. The van der Waals surface area contributed by atoms with E-state index in [1.165, 1.54) is 36.4 Å². The maximum atomic E-state index is 12.8. The average molecular weight is 357 g/mol. The summed E-state index contributed by atoms with van der Waals surface area (Å²) in [5.74, 6) is -1.36. The third-order valence-electron chi connectivity index (χ3n) is 2.63. The van der Waals surface area contributed by atoms with Crippen LogP contribution in [0.1, 0.15) is 15.9 Å². The van der Waals surface area contributed by atoms with Gasteiger partial charge in [0.25, 0.3) is 0 Å². The molecule has 0 aromatic heterocycles. The van der Waals surface area contributed by atoms with Gasteiger partial charge in [-0.3, -0.25) is 4.21 Å². The van der Waals surface area contributed by atoms with Gasteiger partial charge in [0.1, 0.15) is 5.82 Å². The monoisotopic (exact) mass is 356 g/mol. The van der Waals surface area contributed by atoms with Crippen LogP contribution in [0.2, 0.25) is 0 Å². The number of benzene rings is 2. The van der Waals surface area contributed by atoms with E-state index >= 15 is 0 Å². The zero-order chi connectivity index (χ0) is 14.7. The Morgan fingerprint density at radius 2 is 1.85 bits per heavy atom. The van der Waals surface area contributed by atoms with E-state index in [1.807, 2.05) is 0 Å². The molecule has 1 unspecified atom stereocenters. The molecule has 3 nitrogen and oxygen atoms in total. The highest BCUT2D eigenvalue weighted by molar-refractivity contribution is 9.10.